The summed E-state index contributed by atoms with van der Waals surface area (Å²) in [4.78, 5) is 13.2. The van der Waals surface area contributed by atoms with E-state index in [0.717, 1.165) is 11.0 Å². The molecule has 0 aliphatic carbocycles. The minimum atomic E-state index is -1.03. The second kappa shape index (κ2) is 5.20. The van der Waals surface area contributed by atoms with Crippen molar-refractivity contribution in [2.75, 3.05) is 13.1 Å². The lowest BCUT2D eigenvalue weighted by Gasteiger charge is -2.26. The molecule has 0 fully saturated rings. The Balaban J connectivity index is 4.35. The van der Waals surface area contributed by atoms with Crippen LogP contribution in [-0.4, -0.2) is 28.1 Å². The van der Waals surface area contributed by atoms with Gasteiger partial charge >= 0.3 is 0 Å². The predicted octanol–water partition coefficient (Wildman–Crippen LogP) is 2.70. The Hall–Kier alpha value is 0.400. The molecule has 0 radical (unpaired) electrons. The number of nitrogens with zero attached hydrogens (tertiary/aromatic N) is 1. The second-order valence-corrected chi connectivity index (χ2v) is 4.89. The third-order valence-electron chi connectivity index (χ3n) is 1.58. The number of carbonyl (C=O) groups excluding carboxylic acids is 1. The van der Waals surface area contributed by atoms with Crippen LogP contribution in [0, 0.1) is 0 Å². The van der Waals surface area contributed by atoms with Crippen molar-refractivity contribution < 1.29 is 4.79 Å². The summed E-state index contributed by atoms with van der Waals surface area (Å²) in [5.41, 5.74) is 0. The van der Waals surface area contributed by atoms with Gasteiger partial charge in [0.2, 0.25) is 0 Å². The fraction of sp³-hybridized carbons (Fsp3) is 0.857. The van der Waals surface area contributed by atoms with E-state index in [-0.39, 0.29) is 5.91 Å². The lowest BCUT2D eigenvalue weighted by molar-refractivity contribution is -0.130. The lowest BCUT2D eigenvalue weighted by atomic mass is 10.3. The Bertz CT molecular complexity index is 159. The van der Waals surface area contributed by atoms with E-state index in [1.54, 1.807) is 11.8 Å². The van der Waals surface area contributed by atoms with E-state index in [4.69, 9.17) is 22.3 Å². The zero-order valence-electron chi connectivity index (χ0n) is 7.43. The molecule has 0 rings (SSSR count). The lowest BCUT2D eigenvalue weighted by Crippen LogP contribution is -2.41. The van der Waals surface area contributed by atoms with Crippen molar-refractivity contribution in [2.24, 2.45) is 0 Å². The average molecular weight is 230 g/mol. The molecule has 1 amide bonds. The molecule has 0 N–H and O–H groups in total. The van der Waals surface area contributed by atoms with Crippen LogP contribution in [0.1, 0.15) is 20.8 Å². The SMILES string of the molecule is CCN(CC)C(=O)C(C)(Cl)SCl. The van der Waals surface area contributed by atoms with Gasteiger partial charge in [0.05, 0.1) is 0 Å². The monoisotopic (exact) mass is 229 g/mol. The van der Waals surface area contributed by atoms with E-state index < -0.39 is 4.21 Å². The smallest absolute Gasteiger partial charge is 0.254 e. The number of rotatable bonds is 4. The zero-order chi connectivity index (χ0) is 9.78. The molecule has 0 heterocycles. The first-order chi connectivity index (χ1) is 5.49. The van der Waals surface area contributed by atoms with Gasteiger partial charge in [-0.1, -0.05) is 11.6 Å². The largest absolute Gasteiger partial charge is 0.341 e. The average Bonchev–Trinajstić information content (AvgIpc) is 2.06. The summed E-state index contributed by atoms with van der Waals surface area (Å²) in [6, 6.07) is 0. The van der Waals surface area contributed by atoms with Crippen molar-refractivity contribution >= 4 is 39.2 Å². The fourth-order valence-corrected chi connectivity index (χ4v) is 1.34. The third-order valence-corrected chi connectivity index (χ3v) is 3.60. The highest BCUT2D eigenvalue weighted by atomic mass is 35.7. The molecule has 0 aliphatic rings. The van der Waals surface area contributed by atoms with Crippen LogP contribution < -0.4 is 0 Å². The molecule has 1 unspecified atom stereocenters. The Morgan fingerprint density at radius 3 is 2.17 bits per heavy atom. The standard InChI is InChI=1S/C7H13Cl2NOS/c1-4-10(5-2)6(11)7(3,8)12-9/h4-5H2,1-3H3. The van der Waals surface area contributed by atoms with Gasteiger partial charge in [0.25, 0.3) is 5.91 Å². The van der Waals surface area contributed by atoms with Gasteiger partial charge in [-0.3, -0.25) is 4.79 Å². The summed E-state index contributed by atoms with van der Waals surface area (Å²) in [7, 11) is 6.32. The molecule has 0 saturated heterocycles. The van der Waals surface area contributed by atoms with E-state index in [1.807, 2.05) is 13.8 Å². The molecule has 0 spiro atoms. The van der Waals surface area contributed by atoms with Crippen molar-refractivity contribution in [1.82, 2.24) is 4.90 Å². The summed E-state index contributed by atoms with van der Waals surface area (Å²) in [5, 5.41) is 0. The Kier molecular flexibility index (Phi) is 5.37. The van der Waals surface area contributed by atoms with Crippen molar-refractivity contribution in [3.05, 3.63) is 0 Å². The minimum absolute atomic E-state index is 0.130. The highest BCUT2D eigenvalue weighted by molar-refractivity contribution is 8.23. The van der Waals surface area contributed by atoms with Gasteiger partial charge < -0.3 is 4.90 Å². The van der Waals surface area contributed by atoms with Gasteiger partial charge in [-0.05, 0) is 42.4 Å². The Morgan fingerprint density at radius 1 is 1.50 bits per heavy atom. The van der Waals surface area contributed by atoms with Crippen LogP contribution >= 0.6 is 33.3 Å². The summed E-state index contributed by atoms with van der Waals surface area (Å²) >= 11 is 5.86. The van der Waals surface area contributed by atoms with Gasteiger partial charge in [0, 0.05) is 13.1 Å². The van der Waals surface area contributed by atoms with Crippen molar-refractivity contribution in [1.29, 1.82) is 0 Å². The predicted molar refractivity (Wildman–Crippen MR) is 55.6 cm³/mol. The molecule has 2 nitrogen and oxygen atoms in total. The first-order valence-electron chi connectivity index (χ1n) is 3.77. The quantitative estimate of drug-likeness (QED) is 0.692. The second-order valence-electron chi connectivity index (χ2n) is 2.47. The number of hydrogen-bond donors (Lipinski definition) is 0. The first-order valence-corrected chi connectivity index (χ1v) is 5.79. The molecule has 1 atom stereocenters. The molecule has 0 bridgehead atoms. The highest BCUT2D eigenvalue weighted by Gasteiger charge is 2.33. The summed E-state index contributed by atoms with van der Waals surface area (Å²) in [6.07, 6.45) is 0. The summed E-state index contributed by atoms with van der Waals surface area (Å²) in [5.74, 6) is -0.130. The van der Waals surface area contributed by atoms with Crippen LogP contribution in [0.25, 0.3) is 0 Å². The molecular formula is C7H13Cl2NOS. The van der Waals surface area contributed by atoms with Crippen molar-refractivity contribution in [2.45, 2.75) is 25.0 Å². The van der Waals surface area contributed by atoms with Gasteiger partial charge in [0.1, 0.15) is 0 Å². The number of halogens is 2. The Morgan fingerprint density at radius 2 is 1.92 bits per heavy atom. The molecule has 0 saturated carbocycles. The number of hydrogen-bond acceptors (Lipinski definition) is 2. The first kappa shape index (κ1) is 12.4. The number of carbonyl (C=O) groups is 1. The third kappa shape index (κ3) is 3.04. The number of amides is 1. The maximum Gasteiger partial charge on any atom is 0.254 e. The van der Waals surface area contributed by atoms with Gasteiger partial charge in [0.15, 0.2) is 4.21 Å². The van der Waals surface area contributed by atoms with Gasteiger partial charge in [-0.2, -0.15) is 0 Å². The van der Waals surface area contributed by atoms with Crippen LogP contribution in [0.2, 0.25) is 0 Å². The maximum absolute atomic E-state index is 11.5. The molecule has 12 heavy (non-hydrogen) atoms. The van der Waals surface area contributed by atoms with E-state index in [9.17, 15) is 4.79 Å². The van der Waals surface area contributed by atoms with Crippen LogP contribution in [0.5, 0.6) is 0 Å². The molecule has 0 aromatic rings. The molecule has 0 aliphatic heterocycles. The fourth-order valence-electron chi connectivity index (χ4n) is 0.826. The Labute approximate surface area is 87.1 Å². The van der Waals surface area contributed by atoms with Crippen LogP contribution in [-0.2, 0) is 4.79 Å². The van der Waals surface area contributed by atoms with Crippen LogP contribution in [0.15, 0.2) is 0 Å². The molecule has 72 valence electrons. The summed E-state index contributed by atoms with van der Waals surface area (Å²) in [6.45, 7) is 6.75. The number of alkyl halides is 1. The maximum atomic E-state index is 11.5. The van der Waals surface area contributed by atoms with E-state index in [1.165, 1.54) is 0 Å². The minimum Gasteiger partial charge on any atom is -0.341 e. The van der Waals surface area contributed by atoms with Gasteiger partial charge in [-0.25, -0.2) is 0 Å². The topological polar surface area (TPSA) is 20.3 Å². The van der Waals surface area contributed by atoms with Crippen molar-refractivity contribution in [3.63, 3.8) is 0 Å². The van der Waals surface area contributed by atoms with Crippen LogP contribution in [0.4, 0.5) is 0 Å². The van der Waals surface area contributed by atoms with E-state index in [0.29, 0.717) is 13.1 Å². The molecule has 0 aromatic carbocycles. The van der Waals surface area contributed by atoms with E-state index in [2.05, 4.69) is 0 Å². The van der Waals surface area contributed by atoms with Gasteiger partial charge in [-0.15, -0.1) is 0 Å². The molecule has 5 heteroatoms. The molecule has 0 aromatic heterocycles. The summed E-state index contributed by atoms with van der Waals surface area (Å²) < 4.78 is -1.03. The normalized spacial score (nSPS) is 15.4. The van der Waals surface area contributed by atoms with Crippen molar-refractivity contribution in [3.8, 4) is 0 Å². The zero-order valence-corrected chi connectivity index (χ0v) is 9.76. The van der Waals surface area contributed by atoms with E-state index >= 15 is 0 Å². The van der Waals surface area contributed by atoms with Crippen LogP contribution in [0.3, 0.4) is 0 Å². The molecular weight excluding hydrogens is 217 g/mol. The highest BCUT2D eigenvalue weighted by Crippen LogP contribution is 2.34.